The monoisotopic (exact) mass is 593 g/mol. The van der Waals surface area contributed by atoms with E-state index in [0.717, 1.165) is 40.0 Å². The number of allylic oxidation sites excluding steroid dienone is 2. The van der Waals surface area contributed by atoms with Crippen LogP contribution in [0.25, 0.3) is 0 Å². The van der Waals surface area contributed by atoms with Crippen LogP contribution >= 0.6 is 0 Å². The molecule has 10 nitrogen and oxygen atoms in total. The highest BCUT2D eigenvalue weighted by Gasteiger charge is 2.50. The lowest BCUT2D eigenvalue weighted by atomic mass is 9.71. The molecule has 2 atom stereocenters. The normalized spacial score (nSPS) is 23.1. The van der Waals surface area contributed by atoms with Gasteiger partial charge in [0.15, 0.2) is 11.5 Å². The molecule has 0 amide bonds. The molecule has 3 aliphatic rings. The number of nitro groups is 2. The van der Waals surface area contributed by atoms with Crippen LogP contribution in [0.2, 0.25) is 0 Å². The van der Waals surface area contributed by atoms with Crippen molar-refractivity contribution in [1.29, 1.82) is 0 Å². The molecule has 2 aliphatic heterocycles. The molecule has 3 aromatic rings. The highest BCUT2D eigenvalue weighted by Crippen LogP contribution is 2.50. The molecule has 3 aromatic carbocycles. The number of Topliss-reactive ketones (excluding diaryl/α,β-unsaturated/α-hetero) is 1. The summed E-state index contributed by atoms with van der Waals surface area (Å²) >= 11 is 0. The third-order valence-electron chi connectivity index (χ3n) is 9.34. The van der Waals surface area contributed by atoms with Gasteiger partial charge in [-0.2, -0.15) is 4.58 Å². The van der Waals surface area contributed by atoms with Crippen molar-refractivity contribution in [3.05, 3.63) is 127 Å². The van der Waals surface area contributed by atoms with Gasteiger partial charge in [0.05, 0.1) is 33.3 Å². The number of carbonyl (C=O) groups excluding carboxylic acids is 1. The zero-order chi connectivity index (χ0) is 31.7. The van der Waals surface area contributed by atoms with E-state index in [2.05, 4.69) is 24.5 Å². The molecule has 0 aromatic heterocycles. The Bertz CT molecular complexity index is 1840. The average Bonchev–Trinajstić information content (AvgIpc) is 3.32. The van der Waals surface area contributed by atoms with Gasteiger partial charge in [-0.15, -0.1) is 0 Å². The number of carbonyl (C=O) groups is 1. The Kier molecular flexibility index (Phi) is 6.66. The number of hydrogen-bond acceptors (Lipinski definition) is 7. The average molecular weight is 594 g/mol. The van der Waals surface area contributed by atoms with Crippen LogP contribution < -0.4 is 4.90 Å². The number of aliphatic hydroxyl groups is 1. The molecular weight excluding hydrogens is 560 g/mol. The van der Waals surface area contributed by atoms with Crippen molar-refractivity contribution in [2.75, 3.05) is 11.9 Å². The van der Waals surface area contributed by atoms with Crippen molar-refractivity contribution in [3.63, 3.8) is 0 Å². The topological polar surface area (TPSA) is 130 Å². The van der Waals surface area contributed by atoms with Gasteiger partial charge in [0.2, 0.25) is 5.69 Å². The molecule has 6 rings (SSSR count). The van der Waals surface area contributed by atoms with E-state index in [1.54, 1.807) is 6.08 Å². The summed E-state index contributed by atoms with van der Waals surface area (Å²) in [4.78, 5) is 37.4. The fourth-order valence-corrected chi connectivity index (χ4v) is 6.93. The number of hydrogen-bond donors (Lipinski definition) is 1. The van der Waals surface area contributed by atoms with Crippen LogP contribution in [-0.4, -0.2) is 44.2 Å². The van der Waals surface area contributed by atoms with Crippen molar-refractivity contribution in [1.82, 2.24) is 0 Å². The molecule has 1 N–H and O–H groups in total. The number of non-ortho nitro benzene ring substituents is 2. The highest BCUT2D eigenvalue weighted by molar-refractivity contribution is 6.14. The van der Waals surface area contributed by atoms with E-state index in [-0.39, 0.29) is 29.1 Å². The van der Waals surface area contributed by atoms with Gasteiger partial charge >= 0.3 is 0 Å². The van der Waals surface area contributed by atoms with Gasteiger partial charge in [-0.1, -0.05) is 56.3 Å². The summed E-state index contributed by atoms with van der Waals surface area (Å²) in [5.41, 5.74) is 4.75. The Morgan fingerprint density at radius 3 is 2.09 bits per heavy atom. The molecule has 0 radical (unpaired) electrons. The first-order valence-corrected chi connectivity index (χ1v) is 14.4. The van der Waals surface area contributed by atoms with E-state index in [1.807, 2.05) is 74.3 Å². The smallest absolute Gasteiger partial charge is 0.276 e. The van der Waals surface area contributed by atoms with Gasteiger partial charge in [0, 0.05) is 58.8 Å². The molecular formula is C34H33N4O6+. The lowest BCUT2D eigenvalue weighted by Crippen LogP contribution is -2.46. The van der Waals surface area contributed by atoms with Crippen molar-refractivity contribution in [2.24, 2.45) is 5.92 Å². The number of nitro benzene ring substituents is 2. The molecule has 2 heterocycles. The Morgan fingerprint density at radius 2 is 1.50 bits per heavy atom. The molecule has 0 saturated heterocycles. The Balaban J connectivity index is 1.38. The SMILES string of the molecule is C[N+]1=C(C=C2C(=O)C(C=C3N(Cc4cc([N+](=O)[O-])cc([N+](=O)[O-])c4)c4ccccc4C3(C)C)C2O)C(C)(C)c2ccccc21. The van der Waals surface area contributed by atoms with Gasteiger partial charge in [-0.25, -0.2) is 0 Å². The van der Waals surface area contributed by atoms with Crippen LogP contribution in [0.3, 0.4) is 0 Å². The number of nitrogens with zero attached hydrogens (tertiary/aromatic N) is 4. The second kappa shape index (κ2) is 10.1. The number of ketones is 1. The second-order valence-corrected chi connectivity index (χ2v) is 12.7. The molecule has 1 aliphatic carbocycles. The van der Waals surface area contributed by atoms with E-state index >= 15 is 0 Å². The number of benzene rings is 3. The van der Waals surface area contributed by atoms with Gasteiger partial charge in [0.1, 0.15) is 7.05 Å². The fraction of sp³-hybridized carbons (Fsp3) is 0.294. The summed E-state index contributed by atoms with van der Waals surface area (Å²) in [6.07, 6.45) is 2.59. The predicted molar refractivity (Wildman–Crippen MR) is 166 cm³/mol. The summed E-state index contributed by atoms with van der Waals surface area (Å²) in [6.45, 7) is 8.34. The second-order valence-electron chi connectivity index (χ2n) is 12.7. The predicted octanol–water partition coefficient (Wildman–Crippen LogP) is 5.88. The first-order valence-electron chi connectivity index (χ1n) is 14.4. The quantitative estimate of drug-likeness (QED) is 0.164. The summed E-state index contributed by atoms with van der Waals surface area (Å²) in [6, 6.07) is 19.4. The maximum atomic E-state index is 13.7. The maximum absolute atomic E-state index is 13.7. The Hall–Kier alpha value is -4.96. The van der Waals surface area contributed by atoms with Crippen molar-refractivity contribution in [2.45, 2.75) is 51.2 Å². The van der Waals surface area contributed by atoms with Crippen molar-refractivity contribution < 1.29 is 24.3 Å². The zero-order valence-corrected chi connectivity index (χ0v) is 25.1. The minimum atomic E-state index is -1.02. The first kappa shape index (κ1) is 29.1. The number of para-hydroxylation sites is 2. The van der Waals surface area contributed by atoms with Crippen LogP contribution in [0.1, 0.15) is 44.4 Å². The minimum Gasteiger partial charge on any atom is -0.387 e. The Labute approximate surface area is 254 Å². The third kappa shape index (κ3) is 4.36. The van der Waals surface area contributed by atoms with Crippen LogP contribution in [0.4, 0.5) is 22.7 Å². The van der Waals surface area contributed by atoms with Gasteiger partial charge in [-0.3, -0.25) is 25.0 Å². The number of anilines is 1. The van der Waals surface area contributed by atoms with E-state index < -0.39 is 27.3 Å². The molecule has 44 heavy (non-hydrogen) atoms. The summed E-state index contributed by atoms with van der Waals surface area (Å²) < 4.78 is 2.06. The Morgan fingerprint density at radius 1 is 0.909 bits per heavy atom. The molecule has 10 heteroatoms. The molecule has 1 fully saturated rings. The van der Waals surface area contributed by atoms with E-state index in [0.29, 0.717) is 11.1 Å². The standard InChI is InChI=1S/C34H33N4O6/c1-33(2)25-10-6-8-12-27(25)35(5)29(33)17-23-31(39)24(32(23)40)18-30-34(3,4)26-11-7-9-13-28(26)36(30)19-20-14-21(37(41)42)16-22(15-20)38(43)44/h6-18,24,31,39H,19H2,1-5H3/q+1. The highest BCUT2D eigenvalue weighted by atomic mass is 16.6. The number of rotatable bonds is 6. The first-order chi connectivity index (χ1) is 20.7. The van der Waals surface area contributed by atoms with Crippen molar-refractivity contribution in [3.8, 4) is 0 Å². The van der Waals surface area contributed by atoms with Crippen LogP contribution in [-0.2, 0) is 22.2 Å². The zero-order valence-electron chi connectivity index (χ0n) is 25.1. The summed E-state index contributed by atoms with van der Waals surface area (Å²) in [5, 5.41) is 34.5. The molecule has 2 unspecified atom stereocenters. The molecule has 0 spiro atoms. The van der Waals surface area contributed by atoms with E-state index in [9.17, 15) is 30.1 Å². The van der Waals surface area contributed by atoms with Gasteiger partial charge in [-0.05, 0) is 31.0 Å². The summed E-state index contributed by atoms with van der Waals surface area (Å²) in [7, 11) is 1.96. The lowest BCUT2D eigenvalue weighted by molar-refractivity contribution is -0.401. The van der Waals surface area contributed by atoms with Crippen LogP contribution in [0.15, 0.2) is 90.2 Å². The largest absolute Gasteiger partial charge is 0.387 e. The fourth-order valence-electron chi connectivity index (χ4n) is 6.93. The lowest BCUT2D eigenvalue weighted by Gasteiger charge is -2.35. The molecule has 0 bridgehead atoms. The maximum Gasteiger partial charge on any atom is 0.276 e. The minimum absolute atomic E-state index is 0.101. The number of fused-ring (bicyclic) bond motifs is 2. The third-order valence-corrected chi connectivity index (χ3v) is 9.34. The van der Waals surface area contributed by atoms with Crippen molar-refractivity contribution >= 4 is 34.2 Å². The van der Waals surface area contributed by atoms with E-state index in [1.165, 1.54) is 12.1 Å². The molecule has 224 valence electrons. The molecule has 1 saturated carbocycles. The van der Waals surface area contributed by atoms with Crippen LogP contribution in [0, 0.1) is 26.1 Å². The number of aliphatic hydroxyl groups excluding tert-OH is 1. The van der Waals surface area contributed by atoms with E-state index in [4.69, 9.17) is 0 Å². The summed E-state index contributed by atoms with van der Waals surface area (Å²) in [5.74, 6) is -0.958. The van der Waals surface area contributed by atoms with Gasteiger partial charge in [0.25, 0.3) is 11.4 Å². The van der Waals surface area contributed by atoms with Crippen LogP contribution in [0.5, 0.6) is 0 Å². The van der Waals surface area contributed by atoms with Gasteiger partial charge < -0.3 is 10.0 Å².